The van der Waals surface area contributed by atoms with Crippen LogP contribution in [-0.4, -0.2) is 29.9 Å². The third-order valence-electron chi connectivity index (χ3n) is 2.48. The number of sulfone groups is 1. The summed E-state index contributed by atoms with van der Waals surface area (Å²) in [5.74, 6) is -1.32. The van der Waals surface area contributed by atoms with Crippen molar-refractivity contribution in [3.63, 3.8) is 0 Å². The molecule has 0 bridgehead atoms. The molecule has 0 spiro atoms. The predicted molar refractivity (Wildman–Crippen MR) is 76.4 cm³/mol. The van der Waals surface area contributed by atoms with Gasteiger partial charge in [-0.2, -0.15) is 13.2 Å². The quantitative estimate of drug-likeness (QED) is 0.845. The smallest absolute Gasteiger partial charge is 0.502 e. The molecule has 0 atom stereocenters. The van der Waals surface area contributed by atoms with E-state index < -0.39 is 31.2 Å². The van der Waals surface area contributed by atoms with Crippen LogP contribution in [0.15, 0.2) is 28.6 Å². The first-order chi connectivity index (χ1) is 10.5. The van der Waals surface area contributed by atoms with Gasteiger partial charge in [0, 0.05) is 5.02 Å². The molecule has 6 nitrogen and oxygen atoms in total. The Balaban J connectivity index is 2.26. The van der Waals surface area contributed by atoms with Crippen molar-refractivity contribution in [3.8, 4) is 5.75 Å². The fraction of sp³-hybridized carbons (Fsp3) is 0.0909. The van der Waals surface area contributed by atoms with Crippen LogP contribution in [0.25, 0.3) is 0 Å². The standard InChI is InChI=1S/C11H6ClF3N2O4S2/c12-5-1-2-7(18)6(3-5)9(19)17-10-16-4-8(22-10)23(20,21)11(13,14)15/h1-4,18H,(H,16,17,19). The van der Waals surface area contributed by atoms with Crippen LogP contribution in [0, 0.1) is 0 Å². The Morgan fingerprint density at radius 3 is 2.61 bits per heavy atom. The minimum atomic E-state index is -5.54. The number of carbonyl (C=O) groups excluding carboxylic acids is 1. The summed E-state index contributed by atoms with van der Waals surface area (Å²) in [5.41, 5.74) is -5.71. The molecule has 2 rings (SSSR count). The summed E-state index contributed by atoms with van der Waals surface area (Å²) < 4.78 is 58.6. The minimum Gasteiger partial charge on any atom is -0.507 e. The van der Waals surface area contributed by atoms with Crippen LogP contribution in [-0.2, 0) is 9.84 Å². The topological polar surface area (TPSA) is 96.4 Å². The fourth-order valence-electron chi connectivity index (χ4n) is 1.41. The maximum Gasteiger partial charge on any atom is 0.502 e. The van der Waals surface area contributed by atoms with E-state index in [0.717, 1.165) is 12.1 Å². The van der Waals surface area contributed by atoms with Gasteiger partial charge in [0.05, 0.1) is 11.8 Å². The third-order valence-corrected chi connectivity index (χ3v) is 5.57. The number of anilines is 1. The van der Waals surface area contributed by atoms with Crippen LogP contribution in [0.3, 0.4) is 0 Å². The zero-order valence-corrected chi connectivity index (χ0v) is 13.1. The highest BCUT2D eigenvalue weighted by Crippen LogP contribution is 2.34. The van der Waals surface area contributed by atoms with Crippen LogP contribution in [0.2, 0.25) is 5.02 Å². The molecule has 1 aromatic carbocycles. The molecule has 23 heavy (non-hydrogen) atoms. The Morgan fingerprint density at radius 2 is 2.00 bits per heavy atom. The van der Waals surface area contributed by atoms with Gasteiger partial charge in [0.1, 0.15) is 5.75 Å². The van der Waals surface area contributed by atoms with Gasteiger partial charge in [0.2, 0.25) is 0 Å². The van der Waals surface area contributed by atoms with Gasteiger partial charge in [-0.05, 0) is 18.2 Å². The van der Waals surface area contributed by atoms with Gasteiger partial charge in [-0.15, -0.1) is 0 Å². The van der Waals surface area contributed by atoms with Gasteiger partial charge < -0.3 is 5.11 Å². The highest BCUT2D eigenvalue weighted by molar-refractivity contribution is 7.94. The molecule has 1 amide bonds. The lowest BCUT2D eigenvalue weighted by molar-refractivity contribution is -0.0434. The van der Waals surface area contributed by atoms with Crippen LogP contribution in [0.1, 0.15) is 10.4 Å². The number of halogens is 4. The average molecular weight is 387 g/mol. The number of nitrogens with one attached hydrogen (secondary N) is 1. The highest BCUT2D eigenvalue weighted by Gasteiger charge is 2.48. The maximum absolute atomic E-state index is 12.4. The molecule has 0 unspecified atom stereocenters. The van der Waals surface area contributed by atoms with E-state index in [0.29, 0.717) is 6.20 Å². The second-order valence-corrected chi connectivity index (χ2v) is 7.68. The number of carbonyl (C=O) groups is 1. The number of nitrogens with zero attached hydrogens (tertiary/aromatic N) is 1. The van der Waals surface area contributed by atoms with Crippen LogP contribution >= 0.6 is 22.9 Å². The molecule has 0 aliphatic carbocycles. The van der Waals surface area contributed by atoms with E-state index in [4.69, 9.17) is 11.6 Å². The van der Waals surface area contributed by atoms with Gasteiger partial charge in [0.15, 0.2) is 9.34 Å². The van der Waals surface area contributed by atoms with E-state index in [2.05, 4.69) is 10.3 Å². The molecule has 124 valence electrons. The minimum absolute atomic E-state index is 0.134. The summed E-state index contributed by atoms with van der Waals surface area (Å²) in [4.78, 5) is 15.3. The van der Waals surface area contributed by atoms with Gasteiger partial charge in [-0.3, -0.25) is 10.1 Å². The monoisotopic (exact) mass is 386 g/mol. The second kappa shape index (κ2) is 5.98. The van der Waals surface area contributed by atoms with E-state index in [-0.39, 0.29) is 27.1 Å². The zero-order chi connectivity index (χ0) is 17.4. The lowest BCUT2D eigenvalue weighted by Gasteiger charge is -2.05. The number of phenols is 1. The number of rotatable bonds is 3. The van der Waals surface area contributed by atoms with Crippen molar-refractivity contribution >= 4 is 43.8 Å². The number of alkyl halides is 3. The summed E-state index contributed by atoms with van der Waals surface area (Å²) in [6.07, 6.45) is 0.487. The van der Waals surface area contributed by atoms with Gasteiger partial charge in [-0.25, -0.2) is 13.4 Å². The Morgan fingerprint density at radius 1 is 1.35 bits per heavy atom. The van der Waals surface area contributed by atoms with Crippen molar-refractivity contribution < 1.29 is 31.5 Å². The molecule has 1 aromatic heterocycles. The Kier molecular flexibility index (Phi) is 4.55. The van der Waals surface area contributed by atoms with Crippen LogP contribution < -0.4 is 5.32 Å². The number of aromatic hydroxyl groups is 1. The lowest BCUT2D eigenvalue weighted by atomic mass is 10.2. The van der Waals surface area contributed by atoms with Crippen molar-refractivity contribution in [3.05, 3.63) is 35.0 Å². The summed E-state index contributed by atoms with van der Waals surface area (Å²) in [6, 6.07) is 3.61. The van der Waals surface area contributed by atoms with Gasteiger partial charge in [-0.1, -0.05) is 22.9 Å². The van der Waals surface area contributed by atoms with Gasteiger partial charge in [0.25, 0.3) is 15.7 Å². The second-order valence-electron chi connectivity index (χ2n) is 4.05. The van der Waals surface area contributed by atoms with Crippen LogP contribution in [0.4, 0.5) is 18.3 Å². The Hall–Kier alpha value is -1.85. The van der Waals surface area contributed by atoms with E-state index in [1.54, 1.807) is 0 Å². The van der Waals surface area contributed by atoms with Crippen molar-refractivity contribution in [2.24, 2.45) is 0 Å². The molecule has 0 saturated heterocycles. The first kappa shape index (κ1) is 17.5. The van der Waals surface area contributed by atoms with E-state index in [1.165, 1.54) is 6.07 Å². The molecule has 0 radical (unpaired) electrons. The van der Waals surface area contributed by atoms with Crippen molar-refractivity contribution in [2.75, 3.05) is 5.32 Å². The van der Waals surface area contributed by atoms with Crippen molar-refractivity contribution in [1.82, 2.24) is 4.98 Å². The number of hydrogen-bond donors (Lipinski definition) is 2. The number of benzene rings is 1. The molecule has 12 heteroatoms. The molecule has 0 aliphatic rings. The molecule has 0 fully saturated rings. The lowest BCUT2D eigenvalue weighted by Crippen LogP contribution is -2.22. The highest BCUT2D eigenvalue weighted by atomic mass is 35.5. The Bertz CT molecular complexity index is 864. The van der Waals surface area contributed by atoms with Gasteiger partial charge >= 0.3 is 5.51 Å². The number of amides is 1. The van der Waals surface area contributed by atoms with Crippen molar-refractivity contribution in [2.45, 2.75) is 9.72 Å². The molecule has 2 aromatic rings. The fourth-order valence-corrected chi connectivity index (χ4v) is 3.51. The van der Waals surface area contributed by atoms with E-state index in [1.807, 2.05) is 0 Å². The summed E-state index contributed by atoms with van der Waals surface area (Å²) in [5, 5.41) is 11.4. The van der Waals surface area contributed by atoms with E-state index in [9.17, 15) is 31.5 Å². The third kappa shape index (κ3) is 3.57. The summed E-state index contributed by atoms with van der Waals surface area (Å²) >= 11 is 5.80. The largest absolute Gasteiger partial charge is 0.507 e. The van der Waals surface area contributed by atoms with E-state index >= 15 is 0 Å². The maximum atomic E-state index is 12.4. The molecule has 1 heterocycles. The molecule has 0 aliphatic heterocycles. The van der Waals surface area contributed by atoms with Crippen LogP contribution in [0.5, 0.6) is 5.75 Å². The first-order valence-corrected chi connectivity index (χ1v) is 8.27. The number of aromatic nitrogens is 1. The molecule has 0 saturated carbocycles. The Labute approximate surface area is 136 Å². The number of phenolic OH excluding ortho intramolecular Hbond substituents is 1. The van der Waals surface area contributed by atoms with Crippen molar-refractivity contribution in [1.29, 1.82) is 0 Å². The number of hydrogen-bond acceptors (Lipinski definition) is 6. The normalized spacial score (nSPS) is 12.2. The summed E-state index contributed by atoms with van der Waals surface area (Å²) in [6.45, 7) is 0. The SMILES string of the molecule is O=C(Nc1ncc(S(=O)(=O)C(F)(F)F)s1)c1cc(Cl)ccc1O. The molecule has 2 N–H and O–H groups in total. The zero-order valence-electron chi connectivity index (χ0n) is 10.8. The predicted octanol–water partition coefficient (Wildman–Crippen LogP) is 3.05. The molecular formula is C11H6ClF3N2O4S2. The average Bonchev–Trinajstić information content (AvgIpc) is 2.89. The number of thiazole rings is 1. The summed E-state index contributed by atoms with van der Waals surface area (Å²) in [7, 11) is -5.54. The first-order valence-electron chi connectivity index (χ1n) is 5.59. The molecular weight excluding hydrogens is 381 g/mol.